The Morgan fingerprint density at radius 1 is 1.35 bits per heavy atom. The van der Waals surface area contributed by atoms with Crippen LogP contribution in [-0.2, 0) is 19.9 Å². The third kappa shape index (κ3) is 3.23. The lowest BCUT2D eigenvalue weighted by molar-refractivity contribution is 0.0661. The molecule has 0 saturated carbocycles. The Kier molecular flexibility index (Phi) is 4.49. The average Bonchev–Trinajstić information content (AvgIpc) is 3.23. The maximum absolute atomic E-state index is 12.9. The Hall–Kier alpha value is -2.63. The molecule has 1 aliphatic heterocycles. The summed E-state index contributed by atoms with van der Waals surface area (Å²) in [5.41, 5.74) is 3.74. The fourth-order valence-corrected chi connectivity index (χ4v) is 3.85. The number of para-hydroxylation sites is 2. The van der Waals surface area contributed by atoms with Gasteiger partial charge in [-0.2, -0.15) is 5.10 Å². The van der Waals surface area contributed by atoms with Crippen molar-refractivity contribution >= 4 is 16.9 Å². The van der Waals surface area contributed by atoms with Crippen molar-refractivity contribution in [1.29, 1.82) is 0 Å². The maximum atomic E-state index is 12.9. The molecule has 0 radical (unpaired) electrons. The molecule has 1 atom stereocenters. The number of hydrogen-bond donors (Lipinski definition) is 1. The molecule has 3 aromatic rings. The molecule has 1 saturated heterocycles. The van der Waals surface area contributed by atoms with Gasteiger partial charge in [-0.25, -0.2) is 4.98 Å². The van der Waals surface area contributed by atoms with Crippen LogP contribution in [0.15, 0.2) is 30.3 Å². The van der Waals surface area contributed by atoms with Crippen LogP contribution in [0.1, 0.15) is 41.8 Å². The average molecular weight is 351 g/mol. The van der Waals surface area contributed by atoms with Gasteiger partial charge in [0.2, 0.25) is 0 Å². The summed E-state index contributed by atoms with van der Waals surface area (Å²) in [6.07, 6.45) is 3.89. The minimum absolute atomic E-state index is 0.0917. The largest absolute Gasteiger partial charge is 0.342 e. The monoisotopic (exact) mass is 351 g/mol. The van der Waals surface area contributed by atoms with E-state index in [1.165, 1.54) is 0 Å². The van der Waals surface area contributed by atoms with Crippen LogP contribution in [0.3, 0.4) is 0 Å². The lowest BCUT2D eigenvalue weighted by Crippen LogP contribution is -2.41. The summed E-state index contributed by atoms with van der Waals surface area (Å²) in [6.45, 7) is 3.66. The van der Waals surface area contributed by atoms with Crippen molar-refractivity contribution in [2.45, 2.75) is 32.6 Å². The minimum Gasteiger partial charge on any atom is -0.342 e. The molecule has 1 aliphatic rings. The number of fused-ring (bicyclic) bond motifs is 1. The van der Waals surface area contributed by atoms with Crippen LogP contribution in [0.2, 0.25) is 0 Å². The highest BCUT2D eigenvalue weighted by Crippen LogP contribution is 2.23. The van der Waals surface area contributed by atoms with Crippen LogP contribution in [0.5, 0.6) is 0 Å². The Morgan fingerprint density at radius 3 is 2.96 bits per heavy atom. The van der Waals surface area contributed by atoms with E-state index < -0.39 is 0 Å². The molecule has 1 fully saturated rings. The Morgan fingerprint density at radius 2 is 2.19 bits per heavy atom. The van der Waals surface area contributed by atoms with Gasteiger partial charge in [0.25, 0.3) is 5.91 Å². The summed E-state index contributed by atoms with van der Waals surface area (Å²) in [6, 6.07) is 10.0. The van der Waals surface area contributed by atoms with Crippen LogP contribution >= 0.6 is 0 Å². The third-order valence-corrected chi connectivity index (χ3v) is 5.24. The molecule has 26 heavy (non-hydrogen) atoms. The van der Waals surface area contributed by atoms with Gasteiger partial charge in [-0.1, -0.05) is 19.1 Å². The number of amides is 1. The smallest absolute Gasteiger partial charge is 0.272 e. The van der Waals surface area contributed by atoms with Crippen molar-refractivity contribution in [3.05, 3.63) is 47.5 Å². The van der Waals surface area contributed by atoms with Gasteiger partial charge in [0, 0.05) is 26.6 Å². The number of benzene rings is 1. The van der Waals surface area contributed by atoms with Crippen LogP contribution in [0, 0.1) is 5.92 Å². The molecule has 6 heteroatoms. The molecule has 0 bridgehead atoms. The lowest BCUT2D eigenvalue weighted by atomic mass is 9.94. The summed E-state index contributed by atoms with van der Waals surface area (Å²) < 4.78 is 1.71. The van der Waals surface area contributed by atoms with Gasteiger partial charge in [0.15, 0.2) is 0 Å². The van der Waals surface area contributed by atoms with Crippen LogP contribution in [0.25, 0.3) is 11.0 Å². The van der Waals surface area contributed by atoms with E-state index in [4.69, 9.17) is 4.98 Å². The van der Waals surface area contributed by atoms with Crippen molar-refractivity contribution in [2.75, 3.05) is 13.1 Å². The first-order valence-corrected chi connectivity index (χ1v) is 9.40. The van der Waals surface area contributed by atoms with Gasteiger partial charge >= 0.3 is 0 Å². The molecule has 1 aromatic carbocycles. The van der Waals surface area contributed by atoms with E-state index in [0.717, 1.165) is 61.3 Å². The zero-order chi connectivity index (χ0) is 18.1. The number of aromatic amines is 1. The molecule has 4 rings (SSSR count). The third-order valence-electron chi connectivity index (χ3n) is 5.24. The maximum Gasteiger partial charge on any atom is 0.272 e. The number of aryl methyl sites for hydroxylation is 2. The number of rotatable bonds is 4. The molecular weight excluding hydrogens is 326 g/mol. The zero-order valence-corrected chi connectivity index (χ0v) is 15.4. The predicted molar refractivity (Wildman–Crippen MR) is 101 cm³/mol. The Bertz CT molecular complexity index is 892. The topological polar surface area (TPSA) is 66.8 Å². The van der Waals surface area contributed by atoms with E-state index in [-0.39, 0.29) is 5.91 Å². The number of carbonyl (C=O) groups is 1. The van der Waals surface area contributed by atoms with Gasteiger partial charge in [0.1, 0.15) is 11.5 Å². The van der Waals surface area contributed by atoms with Crippen LogP contribution in [-0.4, -0.2) is 43.6 Å². The van der Waals surface area contributed by atoms with Gasteiger partial charge in [-0.15, -0.1) is 0 Å². The fraction of sp³-hybridized carbons (Fsp3) is 0.450. The number of aromatic nitrogens is 4. The quantitative estimate of drug-likeness (QED) is 0.786. The minimum atomic E-state index is 0.0917. The van der Waals surface area contributed by atoms with E-state index in [2.05, 4.69) is 23.1 Å². The normalized spacial score (nSPS) is 17.8. The zero-order valence-electron chi connectivity index (χ0n) is 15.4. The molecule has 1 N–H and O–H groups in total. The molecule has 0 aliphatic carbocycles. The molecule has 3 heterocycles. The van der Waals surface area contributed by atoms with E-state index in [1.807, 2.05) is 36.2 Å². The second-order valence-electron chi connectivity index (χ2n) is 7.16. The van der Waals surface area contributed by atoms with Crippen molar-refractivity contribution in [2.24, 2.45) is 13.0 Å². The second-order valence-corrected chi connectivity index (χ2v) is 7.16. The number of imidazole rings is 1. The number of H-pyrrole nitrogens is 1. The molecular formula is C20H25N5O. The highest BCUT2D eigenvalue weighted by atomic mass is 16.2. The van der Waals surface area contributed by atoms with E-state index in [0.29, 0.717) is 11.6 Å². The number of hydrogen-bond acceptors (Lipinski definition) is 3. The highest BCUT2D eigenvalue weighted by Gasteiger charge is 2.27. The summed E-state index contributed by atoms with van der Waals surface area (Å²) in [5.74, 6) is 1.54. The molecule has 1 amide bonds. The number of piperidine rings is 1. The number of nitrogens with zero attached hydrogens (tertiary/aromatic N) is 4. The molecule has 0 unspecified atom stereocenters. The molecule has 6 nitrogen and oxygen atoms in total. The number of nitrogens with one attached hydrogen (secondary N) is 1. The fourth-order valence-electron chi connectivity index (χ4n) is 3.85. The standard InChI is InChI=1S/C20H25N5O/c1-3-15-12-18(24(2)23-15)20(26)25-10-6-7-14(13-25)11-19-21-16-8-4-5-9-17(16)22-19/h4-5,8-9,12,14H,3,6-7,10-11,13H2,1-2H3,(H,21,22)/t14-/m0/s1. The highest BCUT2D eigenvalue weighted by molar-refractivity contribution is 5.92. The van der Waals surface area contributed by atoms with Gasteiger partial charge < -0.3 is 9.88 Å². The van der Waals surface area contributed by atoms with Gasteiger partial charge in [0.05, 0.1) is 16.7 Å². The van der Waals surface area contributed by atoms with E-state index in [9.17, 15) is 4.79 Å². The SMILES string of the molecule is CCc1cc(C(=O)N2CCC[C@@H](Cc3nc4ccccc4[nH]3)C2)n(C)n1. The van der Waals surface area contributed by atoms with Crippen LogP contribution < -0.4 is 0 Å². The molecule has 0 spiro atoms. The second kappa shape index (κ2) is 6.94. The first kappa shape index (κ1) is 16.8. The molecule has 136 valence electrons. The summed E-state index contributed by atoms with van der Waals surface area (Å²) in [4.78, 5) is 23.0. The Labute approximate surface area is 153 Å². The van der Waals surface area contributed by atoms with Crippen LogP contribution in [0.4, 0.5) is 0 Å². The van der Waals surface area contributed by atoms with Crippen molar-refractivity contribution < 1.29 is 4.79 Å². The van der Waals surface area contributed by atoms with Crippen molar-refractivity contribution in [3.8, 4) is 0 Å². The summed E-state index contributed by atoms with van der Waals surface area (Å²) >= 11 is 0. The lowest BCUT2D eigenvalue weighted by Gasteiger charge is -2.32. The van der Waals surface area contributed by atoms with Gasteiger partial charge in [-0.05, 0) is 43.4 Å². The first-order valence-electron chi connectivity index (χ1n) is 9.40. The van der Waals surface area contributed by atoms with Crippen molar-refractivity contribution in [3.63, 3.8) is 0 Å². The molecule has 2 aromatic heterocycles. The Balaban J connectivity index is 1.46. The summed E-state index contributed by atoms with van der Waals surface area (Å²) in [7, 11) is 1.85. The number of likely N-dealkylation sites (tertiary alicyclic amines) is 1. The predicted octanol–water partition coefficient (Wildman–Crippen LogP) is 2.95. The summed E-state index contributed by atoms with van der Waals surface area (Å²) in [5, 5.41) is 4.41. The first-order chi connectivity index (χ1) is 12.6. The van der Waals surface area contributed by atoms with E-state index in [1.54, 1.807) is 4.68 Å². The number of carbonyl (C=O) groups excluding carboxylic acids is 1. The van der Waals surface area contributed by atoms with Crippen molar-refractivity contribution in [1.82, 2.24) is 24.6 Å². The van der Waals surface area contributed by atoms with E-state index >= 15 is 0 Å². The van der Waals surface area contributed by atoms with Gasteiger partial charge in [-0.3, -0.25) is 9.48 Å².